The number of hydrogen-bond acceptors (Lipinski definition) is 2. The summed E-state index contributed by atoms with van der Waals surface area (Å²) in [7, 11) is 0. The van der Waals surface area contributed by atoms with Gasteiger partial charge in [0.25, 0.3) is 0 Å². The van der Waals surface area contributed by atoms with Crippen molar-refractivity contribution in [2.45, 2.75) is 26.0 Å². The summed E-state index contributed by atoms with van der Waals surface area (Å²) in [4.78, 5) is 2.12. The lowest BCUT2D eigenvalue weighted by Crippen LogP contribution is -2.17. The zero-order chi connectivity index (χ0) is 16.6. The Kier molecular flexibility index (Phi) is 4.50. The van der Waals surface area contributed by atoms with Crippen LogP contribution in [0, 0.1) is 9.39 Å². The van der Waals surface area contributed by atoms with Crippen molar-refractivity contribution in [1.29, 1.82) is 0 Å². The third-order valence-corrected chi connectivity index (χ3v) is 4.80. The van der Waals surface area contributed by atoms with E-state index in [4.69, 9.17) is 0 Å². The van der Waals surface area contributed by atoms with E-state index in [0.717, 1.165) is 16.7 Å². The highest BCUT2D eigenvalue weighted by Crippen LogP contribution is 2.30. The number of halogens is 5. The molecular formula is C16H12F4INO. The lowest BCUT2D eigenvalue weighted by molar-refractivity contribution is -0.274. The summed E-state index contributed by atoms with van der Waals surface area (Å²) in [5.41, 5.74) is 2.96. The summed E-state index contributed by atoms with van der Waals surface area (Å²) in [6.07, 6.45) is -4.68. The van der Waals surface area contributed by atoms with Gasteiger partial charge >= 0.3 is 6.36 Å². The molecule has 0 aromatic heterocycles. The second kappa shape index (κ2) is 6.27. The molecule has 0 bridgehead atoms. The van der Waals surface area contributed by atoms with Gasteiger partial charge in [0.05, 0.1) is 3.57 Å². The van der Waals surface area contributed by atoms with Gasteiger partial charge in [-0.05, 0) is 57.5 Å². The van der Waals surface area contributed by atoms with Crippen LogP contribution in [0.5, 0.6) is 5.75 Å². The van der Waals surface area contributed by atoms with E-state index in [1.807, 2.05) is 22.6 Å². The van der Waals surface area contributed by atoms with Crippen LogP contribution in [0.2, 0.25) is 0 Å². The summed E-state index contributed by atoms with van der Waals surface area (Å²) in [5, 5.41) is 0. The monoisotopic (exact) mass is 437 g/mol. The third kappa shape index (κ3) is 3.95. The molecule has 23 heavy (non-hydrogen) atoms. The standard InChI is InChI=1S/C16H12F4INO/c17-14-6-3-11-8-22(9-13(11)15(14)21)7-10-1-4-12(5-2-10)23-16(18,19)20/h1-6H,7-9H2. The third-order valence-electron chi connectivity index (χ3n) is 3.63. The highest BCUT2D eigenvalue weighted by Gasteiger charge is 2.31. The predicted molar refractivity (Wildman–Crippen MR) is 85.2 cm³/mol. The van der Waals surface area contributed by atoms with E-state index in [1.165, 1.54) is 18.2 Å². The Morgan fingerprint density at radius 2 is 1.74 bits per heavy atom. The predicted octanol–water partition coefficient (Wildman–Crippen LogP) is 4.84. The Balaban J connectivity index is 1.66. The van der Waals surface area contributed by atoms with Gasteiger partial charge in [-0.2, -0.15) is 0 Å². The highest BCUT2D eigenvalue weighted by molar-refractivity contribution is 14.1. The van der Waals surface area contributed by atoms with Crippen molar-refractivity contribution in [3.63, 3.8) is 0 Å². The van der Waals surface area contributed by atoms with Crippen LogP contribution in [-0.2, 0) is 19.6 Å². The van der Waals surface area contributed by atoms with Crippen LogP contribution in [0.3, 0.4) is 0 Å². The molecule has 0 saturated carbocycles. The van der Waals surface area contributed by atoms with Gasteiger partial charge in [0.2, 0.25) is 0 Å². The molecule has 7 heteroatoms. The number of ether oxygens (including phenoxy) is 1. The van der Waals surface area contributed by atoms with Crippen LogP contribution >= 0.6 is 22.6 Å². The van der Waals surface area contributed by atoms with Crippen molar-refractivity contribution < 1.29 is 22.3 Å². The Hall–Kier alpha value is -1.35. The topological polar surface area (TPSA) is 12.5 Å². The molecule has 0 aliphatic carbocycles. The SMILES string of the molecule is Fc1ccc2c(c1I)CN(Cc1ccc(OC(F)(F)F)cc1)C2. The van der Waals surface area contributed by atoms with Gasteiger partial charge in [0, 0.05) is 19.6 Å². The normalized spacial score (nSPS) is 14.8. The lowest BCUT2D eigenvalue weighted by atomic mass is 10.1. The molecular weight excluding hydrogens is 425 g/mol. The van der Waals surface area contributed by atoms with Crippen molar-refractivity contribution >= 4 is 22.6 Å². The van der Waals surface area contributed by atoms with Gasteiger partial charge < -0.3 is 4.74 Å². The minimum absolute atomic E-state index is 0.222. The average molecular weight is 437 g/mol. The number of fused-ring (bicyclic) bond motifs is 1. The Morgan fingerprint density at radius 1 is 1.04 bits per heavy atom. The first-order chi connectivity index (χ1) is 10.8. The molecule has 1 aliphatic rings. The average Bonchev–Trinajstić information content (AvgIpc) is 2.87. The molecule has 1 aliphatic heterocycles. The minimum Gasteiger partial charge on any atom is -0.406 e. The zero-order valence-corrected chi connectivity index (χ0v) is 14.0. The summed E-state index contributed by atoms with van der Waals surface area (Å²) in [5.74, 6) is -0.456. The largest absolute Gasteiger partial charge is 0.573 e. The van der Waals surface area contributed by atoms with Crippen LogP contribution < -0.4 is 4.74 Å². The minimum atomic E-state index is -4.68. The summed E-state index contributed by atoms with van der Waals surface area (Å²) >= 11 is 2.00. The van der Waals surface area contributed by atoms with E-state index in [9.17, 15) is 17.6 Å². The van der Waals surface area contributed by atoms with E-state index in [0.29, 0.717) is 23.2 Å². The summed E-state index contributed by atoms with van der Waals surface area (Å²) < 4.78 is 54.5. The Bertz CT molecular complexity index is 715. The summed E-state index contributed by atoms with van der Waals surface area (Å²) in [6, 6.07) is 9.07. The molecule has 0 unspecified atom stereocenters. The fraction of sp³-hybridized carbons (Fsp3) is 0.250. The smallest absolute Gasteiger partial charge is 0.406 e. The van der Waals surface area contributed by atoms with Crippen LogP contribution in [-0.4, -0.2) is 11.3 Å². The van der Waals surface area contributed by atoms with E-state index in [2.05, 4.69) is 9.64 Å². The number of benzene rings is 2. The van der Waals surface area contributed by atoms with Crippen molar-refractivity contribution in [1.82, 2.24) is 4.90 Å². The second-order valence-electron chi connectivity index (χ2n) is 5.34. The zero-order valence-electron chi connectivity index (χ0n) is 11.8. The molecule has 0 amide bonds. The number of alkyl halides is 3. The van der Waals surface area contributed by atoms with Crippen LogP contribution in [0.4, 0.5) is 17.6 Å². The fourth-order valence-corrected chi connectivity index (χ4v) is 3.34. The van der Waals surface area contributed by atoms with Crippen LogP contribution in [0.15, 0.2) is 36.4 Å². The van der Waals surface area contributed by atoms with Crippen LogP contribution in [0.25, 0.3) is 0 Å². The van der Waals surface area contributed by atoms with E-state index in [1.54, 1.807) is 18.2 Å². The molecule has 2 aromatic rings. The van der Waals surface area contributed by atoms with Crippen molar-refractivity contribution in [2.75, 3.05) is 0 Å². The van der Waals surface area contributed by atoms with E-state index in [-0.39, 0.29) is 11.6 Å². The van der Waals surface area contributed by atoms with Gasteiger partial charge in [-0.25, -0.2) is 4.39 Å². The molecule has 0 saturated heterocycles. The number of hydrogen-bond donors (Lipinski definition) is 0. The molecule has 0 atom stereocenters. The lowest BCUT2D eigenvalue weighted by Gasteiger charge is -2.15. The van der Waals surface area contributed by atoms with Gasteiger partial charge in [-0.3, -0.25) is 4.90 Å². The maximum atomic E-state index is 13.6. The van der Waals surface area contributed by atoms with Crippen molar-refractivity contribution in [2.24, 2.45) is 0 Å². The van der Waals surface area contributed by atoms with Crippen molar-refractivity contribution in [3.05, 3.63) is 62.5 Å². The molecule has 3 rings (SSSR count). The molecule has 0 fully saturated rings. The number of nitrogens with zero attached hydrogens (tertiary/aromatic N) is 1. The van der Waals surface area contributed by atoms with Gasteiger partial charge in [-0.15, -0.1) is 13.2 Å². The van der Waals surface area contributed by atoms with Gasteiger partial charge in [0.1, 0.15) is 11.6 Å². The highest BCUT2D eigenvalue weighted by atomic mass is 127. The van der Waals surface area contributed by atoms with Gasteiger partial charge in [0.15, 0.2) is 0 Å². The van der Waals surface area contributed by atoms with E-state index < -0.39 is 6.36 Å². The molecule has 0 N–H and O–H groups in total. The molecule has 1 heterocycles. The Labute approximate surface area is 144 Å². The van der Waals surface area contributed by atoms with Gasteiger partial charge in [-0.1, -0.05) is 18.2 Å². The molecule has 2 nitrogen and oxygen atoms in total. The molecule has 0 spiro atoms. The molecule has 122 valence electrons. The number of rotatable bonds is 3. The van der Waals surface area contributed by atoms with E-state index >= 15 is 0 Å². The molecule has 0 radical (unpaired) electrons. The molecule has 2 aromatic carbocycles. The van der Waals surface area contributed by atoms with Crippen LogP contribution in [0.1, 0.15) is 16.7 Å². The summed E-state index contributed by atoms with van der Waals surface area (Å²) in [6.45, 7) is 1.91. The Morgan fingerprint density at radius 3 is 2.39 bits per heavy atom. The maximum absolute atomic E-state index is 13.6. The van der Waals surface area contributed by atoms with Crippen molar-refractivity contribution in [3.8, 4) is 5.75 Å². The first kappa shape index (κ1) is 16.5. The maximum Gasteiger partial charge on any atom is 0.573 e. The first-order valence-corrected chi connectivity index (χ1v) is 7.92. The first-order valence-electron chi connectivity index (χ1n) is 6.84. The second-order valence-corrected chi connectivity index (χ2v) is 6.41. The quantitative estimate of drug-likeness (QED) is 0.503. The fourth-order valence-electron chi connectivity index (χ4n) is 2.64.